The van der Waals surface area contributed by atoms with Crippen LogP contribution in [0, 0.1) is 0 Å². The van der Waals surface area contributed by atoms with Crippen LogP contribution in [-0.2, 0) is 23.1 Å². The zero-order valence-corrected chi connectivity index (χ0v) is 20.5. The molecule has 0 bridgehead atoms. The lowest BCUT2D eigenvalue weighted by Gasteiger charge is -2.21. The van der Waals surface area contributed by atoms with Crippen LogP contribution in [0.25, 0.3) is 0 Å². The summed E-state index contributed by atoms with van der Waals surface area (Å²) < 4.78 is 28.1. The van der Waals surface area contributed by atoms with E-state index in [0.29, 0.717) is 11.3 Å². The number of sulfonamides is 1. The van der Waals surface area contributed by atoms with Crippen molar-refractivity contribution in [2.24, 2.45) is 0 Å². The van der Waals surface area contributed by atoms with E-state index < -0.39 is 10.0 Å². The number of nitrogens with one attached hydrogen (secondary N) is 2. The number of hydrogen-bond acceptors (Lipinski definition) is 5. The molecule has 3 rings (SSSR count). The SMILES string of the molecule is CCCN(CCC)Cc1ccc(S(=O)(=O)NCc2ccc(C(=O)Nc3cccnc3)cc2)cc1. The van der Waals surface area contributed by atoms with Gasteiger partial charge in [0.05, 0.1) is 16.8 Å². The highest BCUT2D eigenvalue weighted by molar-refractivity contribution is 7.89. The molecule has 0 spiro atoms. The normalized spacial score (nSPS) is 11.5. The van der Waals surface area contributed by atoms with E-state index in [2.05, 4.69) is 33.8 Å². The molecule has 7 nitrogen and oxygen atoms in total. The summed E-state index contributed by atoms with van der Waals surface area (Å²) in [7, 11) is -3.64. The smallest absolute Gasteiger partial charge is 0.255 e. The van der Waals surface area contributed by atoms with Gasteiger partial charge in [0, 0.05) is 24.8 Å². The Morgan fingerprint density at radius 3 is 2.15 bits per heavy atom. The number of benzene rings is 2. The second-order valence-electron chi connectivity index (χ2n) is 8.14. The number of hydrogen-bond donors (Lipinski definition) is 2. The van der Waals surface area contributed by atoms with Crippen LogP contribution in [0.15, 0.2) is 78.0 Å². The highest BCUT2D eigenvalue weighted by atomic mass is 32.2. The average molecular weight is 481 g/mol. The minimum Gasteiger partial charge on any atom is -0.321 e. The van der Waals surface area contributed by atoms with Crippen molar-refractivity contribution in [3.8, 4) is 0 Å². The monoisotopic (exact) mass is 480 g/mol. The Labute approximate surface area is 202 Å². The van der Waals surface area contributed by atoms with Gasteiger partial charge in [-0.15, -0.1) is 0 Å². The maximum absolute atomic E-state index is 12.7. The van der Waals surface area contributed by atoms with E-state index >= 15 is 0 Å². The average Bonchev–Trinajstić information content (AvgIpc) is 2.84. The summed E-state index contributed by atoms with van der Waals surface area (Å²) >= 11 is 0. The van der Waals surface area contributed by atoms with Crippen LogP contribution in [0.2, 0.25) is 0 Å². The first kappa shape index (κ1) is 25.6. The molecule has 2 aromatic carbocycles. The van der Waals surface area contributed by atoms with Crippen molar-refractivity contribution in [2.45, 2.75) is 44.7 Å². The summed E-state index contributed by atoms with van der Waals surface area (Å²) in [6, 6.07) is 17.4. The zero-order valence-electron chi connectivity index (χ0n) is 19.7. The van der Waals surface area contributed by atoms with Crippen LogP contribution in [0.3, 0.4) is 0 Å². The van der Waals surface area contributed by atoms with Crippen molar-refractivity contribution in [1.82, 2.24) is 14.6 Å². The Balaban J connectivity index is 1.56. The molecule has 0 aliphatic carbocycles. The van der Waals surface area contributed by atoms with Gasteiger partial charge >= 0.3 is 0 Å². The van der Waals surface area contributed by atoms with Crippen LogP contribution in [0.5, 0.6) is 0 Å². The number of carbonyl (C=O) groups is 1. The second kappa shape index (κ2) is 12.4. The molecule has 0 aliphatic heterocycles. The first-order valence-electron chi connectivity index (χ1n) is 11.5. The molecule has 180 valence electrons. The number of amides is 1. The molecule has 1 aromatic heterocycles. The van der Waals surface area contributed by atoms with Crippen LogP contribution in [0.4, 0.5) is 5.69 Å². The second-order valence-corrected chi connectivity index (χ2v) is 9.90. The van der Waals surface area contributed by atoms with Gasteiger partial charge in [-0.1, -0.05) is 38.1 Å². The Morgan fingerprint density at radius 2 is 1.56 bits per heavy atom. The number of pyridine rings is 1. The standard InChI is InChI=1S/C26H32N4O3S/c1-3-16-30(17-4-2)20-22-9-13-25(14-10-22)34(32,33)28-18-21-7-11-23(12-8-21)26(31)29-24-6-5-15-27-19-24/h5-15,19,28H,3-4,16-18,20H2,1-2H3,(H,29,31). The Bertz CT molecular complexity index is 1140. The predicted molar refractivity (Wildman–Crippen MR) is 135 cm³/mol. The fourth-order valence-corrected chi connectivity index (χ4v) is 4.63. The molecule has 1 heterocycles. The van der Waals surface area contributed by atoms with Gasteiger partial charge in [0.15, 0.2) is 0 Å². The highest BCUT2D eigenvalue weighted by Gasteiger charge is 2.14. The number of rotatable bonds is 12. The van der Waals surface area contributed by atoms with Gasteiger partial charge in [0.25, 0.3) is 5.91 Å². The predicted octanol–water partition coefficient (Wildman–Crippen LogP) is 4.43. The highest BCUT2D eigenvalue weighted by Crippen LogP contribution is 2.14. The Hall–Kier alpha value is -3.07. The van der Waals surface area contributed by atoms with Gasteiger partial charge in [-0.05, 0) is 73.5 Å². The first-order chi connectivity index (χ1) is 16.4. The summed E-state index contributed by atoms with van der Waals surface area (Å²) in [5.74, 6) is -0.253. The Kier molecular flexibility index (Phi) is 9.33. The largest absolute Gasteiger partial charge is 0.321 e. The molecule has 0 radical (unpaired) electrons. The molecule has 0 aliphatic rings. The molecule has 0 saturated heterocycles. The molecular weight excluding hydrogens is 448 g/mol. The summed E-state index contributed by atoms with van der Waals surface area (Å²) in [6.45, 7) is 7.33. The summed E-state index contributed by atoms with van der Waals surface area (Å²) in [5, 5.41) is 2.77. The Morgan fingerprint density at radius 1 is 0.912 bits per heavy atom. The topological polar surface area (TPSA) is 91.4 Å². The lowest BCUT2D eigenvalue weighted by atomic mass is 10.1. The third-order valence-electron chi connectivity index (χ3n) is 5.32. The fourth-order valence-electron chi connectivity index (χ4n) is 3.61. The van der Waals surface area contributed by atoms with Crippen LogP contribution < -0.4 is 10.0 Å². The van der Waals surface area contributed by atoms with E-state index in [4.69, 9.17) is 0 Å². The quantitative estimate of drug-likeness (QED) is 0.400. The molecule has 34 heavy (non-hydrogen) atoms. The number of aromatic nitrogens is 1. The molecule has 2 N–H and O–H groups in total. The summed E-state index contributed by atoms with van der Waals surface area (Å²) in [5.41, 5.74) is 2.94. The number of carbonyl (C=O) groups excluding carboxylic acids is 1. The van der Waals surface area contributed by atoms with E-state index in [1.165, 1.54) is 0 Å². The zero-order chi connectivity index (χ0) is 24.4. The number of anilines is 1. The van der Waals surface area contributed by atoms with E-state index in [0.717, 1.165) is 43.6 Å². The van der Waals surface area contributed by atoms with Crippen molar-refractivity contribution in [1.29, 1.82) is 0 Å². The molecule has 8 heteroatoms. The van der Waals surface area contributed by atoms with E-state index in [1.54, 1.807) is 60.9 Å². The lowest BCUT2D eigenvalue weighted by Crippen LogP contribution is -2.25. The molecule has 1 amide bonds. The molecule has 0 saturated carbocycles. The van der Waals surface area contributed by atoms with Gasteiger partial charge in [-0.3, -0.25) is 14.7 Å². The van der Waals surface area contributed by atoms with Crippen molar-refractivity contribution in [3.05, 3.63) is 89.7 Å². The van der Waals surface area contributed by atoms with E-state index in [1.807, 2.05) is 12.1 Å². The van der Waals surface area contributed by atoms with Crippen molar-refractivity contribution in [3.63, 3.8) is 0 Å². The lowest BCUT2D eigenvalue weighted by molar-refractivity contribution is 0.102. The molecule has 0 atom stereocenters. The molecule has 3 aromatic rings. The van der Waals surface area contributed by atoms with Gasteiger partial charge in [0.1, 0.15) is 0 Å². The maximum atomic E-state index is 12.7. The van der Waals surface area contributed by atoms with Crippen molar-refractivity contribution in [2.75, 3.05) is 18.4 Å². The van der Waals surface area contributed by atoms with Gasteiger partial charge in [-0.25, -0.2) is 13.1 Å². The molecule has 0 unspecified atom stereocenters. The van der Waals surface area contributed by atoms with Gasteiger partial charge in [-0.2, -0.15) is 0 Å². The van der Waals surface area contributed by atoms with Gasteiger partial charge in [0.2, 0.25) is 10.0 Å². The van der Waals surface area contributed by atoms with Crippen LogP contribution >= 0.6 is 0 Å². The van der Waals surface area contributed by atoms with Crippen molar-refractivity contribution >= 4 is 21.6 Å². The summed E-state index contributed by atoms with van der Waals surface area (Å²) in [4.78, 5) is 18.9. The van der Waals surface area contributed by atoms with E-state index in [9.17, 15) is 13.2 Å². The molecular formula is C26H32N4O3S. The van der Waals surface area contributed by atoms with E-state index in [-0.39, 0.29) is 17.3 Å². The molecule has 0 fully saturated rings. The van der Waals surface area contributed by atoms with Gasteiger partial charge < -0.3 is 5.32 Å². The van der Waals surface area contributed by atoms with Crippen LogP contribution in [0.1, 0.15) is 48.2 Å². The fraction of sp³-hybridized carbons (Fsp3) is 0.308. The first-order valence-corrected chi connectivity index (χ1v) is 13.0. The number of nitrogens with zero attached hydrogens (tertiary/aromatic N) is 2. The third kappa shape index (κ3) is 7.48. The minimum absolute atomic E-state index is 0.134. The minimum atomic E-state index is -3.64. The third-order valence-corrected chi connectivity index (χ3v) is 6.74. The van der Waals surface area contributed by atoms with Crippen LogP contribution in [-0.4, -0.2) is 37.3 Å². The maximum Gasteiger partial charge on any atom is 0.255 e. The van der Waals surface area contributed by atoms with Crippen molar-refractivity contribution < 1.29 is 13.2 Å². The summed E-state index contributed by atoms with van der Waals surface area (Å²) in [6.07, 6.45) is 5.38.